The Balaban J connectivity index is 2.43. The van der Waals surface area contributed by atoms with Crippen LogP contribution in [-0.4, -0.2) is 9.97 Å². The molecule has 0 aliphatic carbocycles. The maximum absolute atomic E-state index is 12.8. The summed E-state index contributed by atoms with van der Waals surface area (Å²) in [6.07, 6.45) is 0.673. The quantitative estimate of drug-likeness (QED) is 0.840. The van der Waals surface area contributed by atoms with Crippen LogP contribution in [0.1, 0.15) is 24.6 Å². The molecule has 0 aromatic carbocycles. The number of hydrogen-bond donors (Lipinski definition) is 0. The van der Waals surface area contributed by atoms with Crippen LogP contribution in [0.4, 0.5) is 13.2 Å². The molecule has 0 saturated carbocycles. The lowest BCUT2D eigenvalue weighted by Gasteiger charge is -2.09. The first-order valence-electron chi connectivity index (χ1n) is 5.48. The molecular formula is C12H11F3N2O. The topological polar surface area (TPSA) is 38.9 Å². The molecule has 0 bridgehead atoms. The normalized spacial score (nSPS) is 11.8. The van der Waals surface area contributed by atoms with Gasteiger partial charge in [-0.05, 0) is 12.5 Å². The molecule has 2 aromatic rings. The van der Waals surface area contributed by atoms with E-state index in [-0.39, 0.29) is 11.5 Å². The van der Waals surface area contributed by atoms with E-state index >= 15 is 0 Å². The molecule has 96 valence electrons. The van der Waals surface area contributed by atoms with Crippen LogP contribution in [0, 0.1) is 0 Å². The summed E-state index contributed by atoms with van der Waals surface area (Å²) in [6.45, 7) is 1.96. The van der Waals surface area contributed by atoms with Gasteiger partial charge >= 0.3 is 6.18 Å². The van der Waals surface area contributed by atoms with Gasteiger partial charge in [-0.3, -0.25) is 4.98 Å². The summed E-state index contributed by atoms with van der Waals surface area (Å²) in [6, 6.07) is 0.916. The first-order chi connectivity index (χ1) is 8.52. The zero-order valence-electron chi connectivity index (χ0n) is 9.66. The van der Waals surface area contributed by atoms with Crippen molar-refractivity contribution in [3.63, 3.8) is 0 Å². The standard InChI is InChI=1S/C12H11F3N2O/c1-2-3-8-7-18-11(17-8)9-6-16-5-4-10(9)12(13,14)15/h4-7H,2-3H2,1H3. The van der Waals surface area contributed by atoms with Crippen molar-refractivity contribution < 1.29 is 17.6 Å². The van der Waals surface area contributed by atoms with Gasteiger partial charge in [0.1, 0.15) is 6.26 Å². The highest BCUT2D eigenvalue weighted by molar-refractivity contribution is 5.58. The van der Waals surface area contributed by atoms with Crippen LogP contribution in [0.15, 0.2) is 29.1 Å². The van der Waals surface area contributed by atoms with Crippen LogP contribution >= 0.6 is 0 Å². The van der Waals surface area contributed by atoms with Crippen molar-refractivity contribution in [3.8, 4) is 11.5 Å². The number of rotatable bonds is 3. The molecule has 0 fully saturated rings. The smallest absolute Gasteiger partial charge is 0.417 e. The molecular weight excluding hydrogens is 245 g/mol. The summed E-state index contributed by atoms with van der Waals surface area (Å²) < 4.78 is 43.5. The van der Waals surface area contributed by atoms with Gasteiger partial charge < -0.3 is 4.42 Å². The predicted octanol–water partition coefficient (Wildman–Crippen LogP) is 3.71. The largest absolute Gasteiger partial charge is 0.444 e. The summed E-state index contributed by atoms with van der Waals surface area (Å²) in [5.41, 5.74) is -0.278. The molecule has 0 radical (unpaired) electrons. The van der Waals surface area contributed by atoms with Gasteiger partial charge in [0.05, 0.1) is 16.8 Å². The number of pyridine rings is 1. The predicted molar refractivity (Wildman–Crippen MR) is 58.7 cm³/mol. The van der Waals surface area contributed by atoms with Gasteiger partial charge in [0.2, 0.25) is 5.89 Å². The van der Waals surface area contributed by atoms with E-state index in [4.69, 9.17) is 4.42 Å². The van der Waals surface area contributed by atoms with Crippen molar-refractivity contribution in [3.05, 3.63) is 36.0 Å². The first-order valence-corrected chi connectivity index (χ1v) is 5.48. The van der Waals surface area contributed by atoms with Crippen molar-refractivity contribution >= 4 is 0 Å². The minimum Gasteiger partial charge on any atom is -0.444 e. The summed E-state index contributed by atoms with van der Waals surface area (Å²) in [5, 5.41) is 0. The average Bonchev–Trinajstić information content (AvgIpc) is 2.77. The average molecular weight is 256 g/mol. The van der Waals surface area contributed by atoms with Crippen LogP contribution in [0.5, 0.6) is 0 Å². The van der Waals surface area contributed by atoms with E-state index in [0.29, 0.717) is 12.1 Å². The molecule has 0 amide bonds. The summed E-state index contributed by atoms with van der Waals surface area (Å²) in [4.78, 5) is 7.73. The van der Waals surface area contributed by atoms with Crippen molar-refractivity contribution in [2.24, 2.45) is 0 Å². The number of aryl methyl sites for hydroxylation is 1. The highest BCUT2D eigenvalue weighted by Crippen LogP contribution is 2.36. The second-order valence-corrected chi connectivity index (χ2v) is 3.81. The first kappa shape index (κ1) is 12.6. The van der Waals surface area contributed by atoms with Gasteiger partial charge in [0.25, 0.3) is 0 Å². The molecule has 0 atom stereocenters. The third-order valence-corrected chi connectivity index (χ3v) is 2.41. The van der Waals surface area contributed by atoms with Crippen molar-refractivity contribution in [2.45, 2.75) is 25.9 Å². The highest BCUT2D eigenvalue weighted by Gasteiger charge is 2.34. The molecule has 0 unspecified atom stereocenters. The Morgan fingerprint density at radius 2 is 2.11 bits per heavy atom. The monoisotopic (exact) mass is 256 g/mol. The molecule has 2 rings (SSSR count). The van der Waals surface area contributed by atoms with E-state index < -0.39 is 11.7 Å². The zero-order valence-corrected chi connectivity index (χ0v) is 9.66. The fourth-order valence-corrected chi connectivity index (χ4v) is 1.61. The molecule has 0 N–H and O–H groups in total. The highest BCUT2D eigenvalue weighted by atomic mass is 19.4. The molecule has 3 nitrogen and oxygen atoms in total. The van der Waals surface area contributed by atoms with Crippen LogP contribution in [0.25, 0.3) is 11.5 Å². The van der Waals surface area contributed by atoms with Crippen molar-refractivity contribution in [1.29, 1.82) is 0 Å². The Kier molecular flexibility index (Phi) is 3.36. The van der Waals surface area contributed by atoms with Crippen LogP contribution in [0.2, 0.25) is 0 Å². The molecule has 2 heterocycles. The third-order valence-electron chi connectivity index (χ3n) is 2.41. The number of alkyl halides is 3. The molecule has 0 aliphatic heterocycles. The number of nitrogens with zero attached hydrogens (tertiary/aromatic N) is 2. The van der Waals surface area contributed by atoms with Crippen molar-refractivity contribution in [1.82, 2.24) is 9.97 Å². The number of aromatic nitrogens is 2. The van der Waals surface area contributed by atoms with E-state index in [1.165, 1.54) is 6.26 Å². The lowest BCUT2D eigenvalue weighted by atomic mass is 10.1. The maximum atomic E-state index is 12.8. The lowest BCUT2D eigenvalue weighted by Crippen LogP contribution is -2.07. The number of halogens is 3. The molecule has 0 aliphatic rings. The van der Waals surface area contributed by atoms with E-state index in [1.54, 1.807) is 0 Å². The second kappa shape index (κ2) is 4.80. The Labute approximate surface area is 102 Å². The Morgan fingerprint density at radius 3 is 2.78 bits per heavy atom. The van der Waals surface area contributed by atoms with E-state index in [2.05, 4.69) is 9.97 Å². The van der Waals surface area contributed by atoms with Crippen molar-refractivity contribution in [2.75, 3.05) is 0 Å². The Morgan fingerprint density at radius 1 is 1.33 bits per heavy atom. The number of hydrogen-bond acceptors (Lipinski definition) is 3. The zero-order chi connectivity index (χ0) is 13.2. The van der Waals surface area contributed by atoms with Gasteiger partial charge in [-0.1, -0.05) is 13.3 Å². The van der Waals surface area contributed by atoms with E-state index in [1.807, 2.05) is 6.92 Å². The molecule has 18 heavy (non-hydrogen) atoms. The van der Waals surface area contributed by atoms with Crippen LogP contribution in [-0.2, 0) is 12.6 Å². The van der Waals surface area contributed by atoms with Crippen LogP contribution in [0.3, 0.4) is 0 Å². The van der Waals surface area contributed by atoms with E-state index in [9.17, 15) is 13.2 Å². The fourth-order valence-electron chi connectivity index (χ4n) is 1.61. The van der Waals surface area contributed by atoms with Gasteiger partial charge in [0, 0.05) is 12.4 Å². The Bertz CT molecular complexity index is 534. The Hall–Kier alpha value is -1.85. The molecule has 6 heteroatoms. The molecule has 0 spiro atoms. The fraction of sp³-hybridized carbons (Fsp3) is 0.333. The van der Waals surface area contributed by atoms with E-state index in [0.717, 1.165) is 24.9 Å². The minimum atomic E-state index is -4.45. The van der Waals surface area contributed by atoms with Gasteiger partial charge in [-0.25, -0.2) is 4.98 Å². The maximum Gasteiger partial charge on any atom is 0.417 e. The van der Waals surface area contributed by atoms with Gasteiger partial charge in [-0.2, -0.15) is 13.2 Å². The van der Waals surface area contributed by atoms with Crippen LogP contribution < -0.4 is 0 Å². The van der Waals surface area contributed by atoms with Gasteiger partial charge in [0.15, 0.2) is 0 Å². The molecule has 2 aromatic heterocycles. The minimum absolute atomic E-state index is 0.0427. The van der Waals surface area contributed by atoms with Gasteiger partial charge in [-0.15, -0.1) is 0 Å². The molecule has 0 saturated heterocycles. The summed E-state index contributed by atoms with van der Waals surface area (Å²) in [7, 11) is 0. The third kappa shape index (κ3) is 2.52. The second-order valence-electron chi connectivity index (χ2n) is 3.81. The summed E-state index contributed by atoms with van der Waals surface area (Å²) >= 11 is 0. The SMILES string of the molecule is CCCc1coc(-c2cnccc2C(F)(F)F)n1. The summed E-state index contributed by atoms with van der Waals surface area (Å²) in [5.74, 6) is -0.0427. The number of oxazole rings is 1. The lowest BCUT2D eigenvalue weighted by molar-refractivity contribution is -0.137.